The van der Waals surface area contributed by atoms with Gasteiger partial charge >= 0.3 is 0 Å². The van der Waals surface area contributed by atoms with Gasteiger partial charge in [-0.3, -0.25) is 4.79 Å². The Balaban J connectivity index is 1.86. The topological polar surface area (TPSA) is 47.6 Å². The molecule has 0 saturated carbocycles. The fourth-order valence-corrected chi connectivity index (χ4v) is 2.08. The molecule has 4 heteroatoms. The Bertz CT molecular complexity index is 606. The molecule has 0 aliphatic carbocycles. The lowest BCUT2D eigenvalue weighted by atomic mass is 10.2. The second-order valence-electron chi connectivity index (χ2n) is 5.13. The molecule has 23 heavy (non-hydrogen) atoms. The predicted octanol–water partition coefficient (Wildman–Crippen LogP) is 3.80. The van der Waals surface area contributed by atoms with Crippen LogP contribution in [0.15, 0.2) is 48.5 Å². The minimum atomic E-state index is -0.0964. The van der Waals surface area contributed by atoms with E-state index in [1.54, 1.807) is 12.1 Å². The monoisotopic (exact) mass is 313 g/mol. The van der Waals surface area contributed by atoms with Gasteiger partial charge in [0.15, 0.2) is 0 Å². The third-order valence-corrected chi connectivity index (χ3v) is 3.28. The molecule has 0 atom stereocenters. The summed E-state index contributed by atoms with van der Waals surface area (Å²) >= 11 is 0. The lowest BCUT2D eigenvalue weighted by Crippen LogP contribution is -2.22. The van der Waals surface area contributed by atoms with E-state index in [0.29, 0.717) is 25.3 Å². The molecule has 1 amide bonds. The molecule has 0 fully saturated rings. The standard InChI is InChI=1S/C19H23NO3/c1-3-13-23-18-11-7-16(8-12-18)19(21)20-14-15-5-9-17(10-6-15)22-4-2/h5-12H,3-4,13-14H2,1-2H3,(H,20,21). The van der Waals surface area contributed by atoms with Crippen molar-refractivity contribution in [3.63, 3.8) is 0 Å². The largest absolute Gasteiger partial charge is 0.494 e. The first-order chi connectivity index (χ1) is 11.2. The molecular weight excluding hydrogens is 290 g/mol. The Morgan fingerprint density at radius 2 is 1.52 bits per heavy atom. The van der Waals surface area contributed by atoms with E-state index in [4.69, 9.17) is 9.47 Å². The highest BCUT2D eigenvalue weighted by molar-refractivity contribution is 5.94. The van der Waals surface area contributed by atoms with Crippen LogP contribution < -0.4 is 14.8 Å². The lowest BCUT2D eigenvalue weighted by Gasteiger charge is -2.08. The molecule has 0 spiro atoms. The molecule has 4 nitrogen and oxygen atoms in total. The Hall–Kier alpha value is -2.49. The molecule has 2 aromatic rings. The summed E-state index contributed by atoms with van der Waals surface area (Å²) in [6, 6.07) is 14.9. The summed E-state index contributed by atoms with van der Waals surface area (Å²) in [5.41, 5.74) is 1.66. The Morgan fingerprint density at radius 1 is 0.913 bits per heavy atom. The highest BCUT2D eigenvalue weighted by Gasteiger charge is 2.05. The summed E-state index contributed by atoms with van der Waals surface area (Å²) in [7, 11) is 0. The van der Waals surface area contributed by atoms with E-state index in [9.17, 15) is 4.79 Å². The van der Waals surface area contributed by atoms with Crippen LogP contribution in [0.25, 0.3) is 0 Å². The average Bonchev–Trinajstić information content (AvgIpc) is 2.60. The second kappa shape index (κ2) is 8.83. The third-order valence-electron chi connectivity index (χ3n) is 3.28. The number of carbonyl (C=O) groups is 1. The van der Waals surface area contributed by atoms with Crippen molar-refractivity contribution in [2.75, 3.05) is 13.2 Å². The fourth-order valence-electron chi connectivity index (χ4n) is 2.08. The van der Waals surface area contributed by atoms with Crippen LogP contribution in [0.3, 0.4) is 0 Å². The van der Waals surface area contributed by atoms with E-state index in [1.165, 1.54) is 0 Å². The van der Waals surface area contributed by atoms with Crippen LogP contribution in [0.5, 0.6) is 11.5 Å². The van der Waals surface area contributed by atoms with Crippen molar-refractivity contribution >= 4 is 5.91 Å². The molecule has 0 radical (unpaired) electrons. The molecule has 122 valence electrons. The first kappa shape index (κ1) is 16.9. The molecule has 0 unspecified atom stereocenters. The number of benzene rings is 2. The zero-order chi connectivity index (χ0) is 16.5. The van der Waals surface area contributed by atoms with Gasteiger partial charge in [-0.05, 0) is 55.3 Å². The quantitative estimate of drug-likeness (QED) is 0.806. The summed E-state index contributed by atoms with van der Waals surface area (Å²) in [6.07, 6.45) is 0.963. The van der Waals surface area contributed by atoms with Crippen molar-refractivity contribution in [1.82, 2.24) is 5.32 Å². The molecule has 0 aliphatic rings. The molecule has 0 aliphatic heterocycles. The number of ether oxygens (including phenoxy) is 2. The van der Waals surface area contributed by atoms with Crippen LogP contribution in [0.4, 0.5) is 0 Å². The van der Waals surface area contributed by atoms with Gasteiger partial charge < -0.3 is 14.8 Å². The number of rotatable bonds is 8. The SMILES string of the molecule is CCCOc1ccc(C(=O)NCc2ccc(OCC)cc2)cc1. The van der Waals surface area contributed by atoms with E-state index in [2.05, 4.69) is 12.2 Å². The minimum Gasteiger partial charge on any atom is -0.494 e. The molecule has 2 rings (SSSR count). The van der Waals surface area contributed by atoms with Crippen molar-refractivity contribution in [1.29, 1.82) is 0 Å². The number of nitrogens with one attached hydrogen (secondary N) is 1. The van der Waals surface area contributed by atoms with Crippen LogP contribution in [0.2, 0.25) is 0 Å². The third kappa shape index (κ3) is 5.33. The van der Waals surface area contributed by atoms with E-state index in [1.807, 2.05) is 43.3 Å². The Morgan fingerprint density at radius 3 is 2.13 bits per heavy atom. The van der Waals surface area contributed by atoms with Gasteiger partial charge in [0.2, 0.25) is 0 Å². The summed E-state index contributed by atoms with van der Waals surface area (Å²) in [4.78, 5) is 12.1. The van der Waals surface area contributed by atoms with Crippen LogP contribution >= 0.6 is 0 Å². The van der Waals surface area contributed by atoms with Gasteiger partial charge in [0.05, 0.1) is 13.2 Å². The summed E-state index contributed by atoms with van der Waals surface area (Å²) in [6.45, 7) is 5.83. The molecule has 0 aromatic heterocycles. The van der Waals surface area contributed by atoms with Crippen LogP contribution in [-0.2, 0) is 6.54 Å². The van der Waals surface area contributed by atoms with Crippen molar-refractivity contribution in [2.45, 2.75) is 26.8 Å². The van der Waals surface area contributed by atoms with E-state index in [-0.39, 0.29) is 5.91 Å². The molecule has 0 saturated heterocycles. The van der Waals surface area contributed by atoms with Crippen molar-refractivity contribution in [3.05, 3.63) is 59.7 Å². The van der Waals surface area contributed by atoms with Crippen LogP contribution in [-0.4, -0.2) is 19.1 Å². The molecule has 2 aromatic carbocycles. The van der Waals surface area contributed by atoms with Gasteiger partial charge in [-0.2, -0.15) is 0 Å². The van der Waals surface area contributed by atoms with Gasteiger partial charge in [-0.15, -0.1) is 0 Å². The smallest absolute Gasteiger partial charge is 0.251 e. The van der Waals surface area contributed by atoms with Gasteiger partial charge in [-0.25, -0.2) is 0 Å². The molecular formula is C19H23NO3. The normalized spacial score (nSPS) is 10.2. The highest BCUT2D eigenvalue weighted by Crippen LogP contribution is 2.14. The maximum absolute atomic E-state index is 12.1. The lowest BCUT2D eigenvalue weighted by molar-refractivity contribution is 0.0951. The maximum atomic E-state index is 12.1. The van der Waals surface area contributed by atoms with E-state index < -0.39 is 0 Å². The fraction of sp³-hybridized carbons (Fsp3) is 0.316. The number of hydrogen-bond acceptors (Lipinski definition) is 3. The van der Waals surface area contributed by atoms with E-state index in [0.717, 1.165) is 23.5 Å². The molecule has 0 heterocycles. The Kier molecular flexibility index (Phi) is 6.48. The summed E-state index contributed by atoms with van der Waals surface area (Å²) in [5, 5.41) is 2.91. The summed E-state index contributed by atoms with van der Waals surface area (Å²) < 4.78 is 10.9. The predicted molar refractivity (Wildman–Crippen MR) is 91.0 cm³/mol. The van der Waals surface area contributed by atoms with Gasteiger partial charge in [-0.1, -0.05) is 19.1 Å². The molecule has 0 bridgehead atoms. The maximum Gasteiger partial charge on any atom is 0.251 e. The first-order valence-corrected chi connectivity index (χ1v) is 7.95. The zero-order valence-corrected chi connectivity index (χ0v) is 13.7. The van der Waals surface area contributed by atoms with Crippen molar-refractivity contribution in [3.8, 4) is 11.5 Å². The van der Waals surface area contributed by atoms with Gasteiger partial charge in [0.1, 0.15) is 11.5 Å². The minimum absolute atomic E-state index is 0.0964. The first-order valence-electron chi connectivity index (χ1n) is 7.95. The van der Waals surface area contributed by atoms with Crippen molar-refractivity contribution in [2.24, 2.45) is 0 Å². The number of carbonyl (C=O) groups excluding carboxylic acids is 1. The van der Waals surface area contributed by atoms with Crippen LogP contribution in [0, 0.1) is 0 Å². The van der Waals surface area contributed by atoms with E-state index >= 15 is 0 Å². The number of hydrogen-bond donors (Lipinski definition) is 1. The zero-order valence-electron chi connectivity index (χ0n) is 13.7. The second-order valence-corrected chi connectivity index (χ2v) is 5.13. The van der Waals surface area contributed by atoms with Gasteiger partial charge in [0.25, 0.3) is 5.91 Å². The average molecular weight is 313 g/mol. The number of amides is 1. The van der Waals surface area contributed by atoms with Crippen molar-refractivity contribution < 1.29 is 14.3 Å². The van der Waals surface area contributed by atoms with Gasteiger partial charge in [0, 0.05) is 12.1 Å². The summed E-state index contributed by atoms with van der Waals surface area (Å²) in [5.74, 6) is 1.53. The van der Waals surface area contributed by atoms with Crippen LogP contribution in [0.1, 0.15) is 36.2 Å². The highest BCUT2D eigenvalue weighted by atomic mass is 16.5. The molecule has 1 N–H and O–H groups in total. The Labute approximate surface area is 137 Å².